The van der Waals surface area contributed by atoms with Gasteiger partial charge in [-0.25, -0.2) is 0 Å². The van der Waals surface area contributed by atoms with Gasteiger partial charge in [-0.15, -0.1) is 11.8 Å². The molecule has 0 bridgehead atoms. The van der Waals surface area contributed by atoms with Crippen LogP contribution in [-0.4, -0.2) is 11.8 Å². The molecule has 0 saturated carbocycles. The van der Waals surface area contributed by atoms with E-state index in [4.69, 9.17) is 11.6 Å². The SMILES string of the molecule is CC(C)CCSc1cccc(Cl)c1CNC(C)C. The molecule has 1 nitrogen and oxygen atoms in total. The summed E-state index contributed by atoms with van der Waals surface area (Å²) in [6.45, 7) is 9.69. The Morgan fingerprint density at radius 2 is 1.94 bits per heavy atom. The summed E-state index contributed by atoms with van der Waals surface area (Å²) in [5, 5.41) is 4.32. The maximum absolute atomic E-state index is 6.30. The van der Waals surface area contributed by atoms with Gasteiger partial charge in [0.15, 0.2) is 0 Å². The van der Waals surface area contributed by atoms with Crippen molar-refractivity contribution in [1.29, 1.82) is 0 Å². The van der Waals surface area contributed by atoms with Crippen molar-refractivity contribution in [2.24, 2.45) is 5.92 Å². The Bertz CT molecular complexity index is 364. The van der Waals surface area contributed by atoms with Crippen molar-refractivity contribution in [2.75, 3.05) is 5.75 Å². The zero-order chi connectivity index (χ0) is 13.5. The van der Waals surface area contributed by atoms with Crippen LogP contribution in [0.1, 0.15) is 39.7 Å². The van der Waals surface area contributed by atoms with Gasteiger partial charge in [-0.3, -0.25) is 0 Å². The highest BCUT2D eigenvalue weighted by atomic mass is 35.5. The molecule has 1 aromatic carbocycles. The molecule has 0 spiro atoms. The highest BCUT2D eigenvalue weighted by Gasteiger charge is 2.08. The lowest BCUT2D eigenvalue weighted by Crippen LogP contribution is -2.22. The minimum atomic E-state index is 0.481. The molecule has 0 aliphatic rings. The van der Waals surface area contributed by atoms with Crippen LogP contribution in [0.3, 0.4) is 0 Å². The van der Waals surface area contributed by atoms with Crippen LogP contribution in [0.25, 0.3) is 0 Å². The number of halogens is 1. The highest BCUT2D eigenvalue weighted by molar-refractivity contribution is 7.99. The summed E-state index contributed by atoms with van der Waals surface area (Å²) in [5.74, 6) is 1.92. The van der Waals surface area contributed by atoms with Crippen molar-refractivity contribution in [1.82, 2.24) is 5.32 Å². The van der Waals surface area contributed by atoms with Gasteiger partial charge in [-0.05, 0) is 35.8 Å². The van der Waals surface area contributed by atoms with Crippen molar-refractivity contribution in [3.63, 3.8) is 0 Å². The van der Waals surface area contributed by atoms with Crippen LogP contribution in [-0.2, 0) is 6.54 Å². The van der Waals surface area contributed by atoms with Crippen LogP contribution in [0.15, 0.2) is 23.1 Å². The standard InChI is InChI=1S/C15H24ClNS/c1-11(2)8-9-18-15-7-5-6-14(16)13(15)10-17-12(3)4/h5-7,11-12,17H,8-10H2,1-4H3. The second-order valence-electron chi connectivity index (χ2n) is 5.28. The molecule has 0 aliphatic carbocycles. The third-order valence-electron chi connectivity index (χ3n) is 2.72. The van der Waals surface area contributed by atoms with Gasteiger partial charge in [-0.2, -0.15) is 0 Å². The van der Waals surface area contributed by atoms with Gasteiger partial charge < -0.3 is 5.32 Å². The fraction of sp³-hybridized carbons (Fsp3) is 0.600. The molecule has 0 fully saturated rings. The molecule has 1 aromatic rings. The van der Waals surface area contributed by atoms with Gasteiger partial charge in [0.05, 0.1) is 0 Å². The van der Waals surface area contributed by atoms with Crippen LogP contribution in [0.5, 0.6) is 0 Å². The molecule has 0 aliphatic heterocycles. The van der Waals surface area contributed by atoms with Crippen LogP contribution in [0.2, 0.25) is 5.02 Å². The lowest BCUT2D eigenvalue weighted by atomic mass is 10.2. The minimum absolute atomic E-state index is 0.481. The largest absolute Gasteiger partial charge is 0.310 e. The van der Waals surface area contributed by atoms with Gasteiger partial charge >= 0.3 is 0 Å². The van der Waals surface area contributed by atoms with E-state index in [1.54, 1.807) is 0 Å². The Morgan fingerprint density at radius 3 is 2.56 bits per heavy atom. The Kier molecular flexibility index (Phi) is 7.13. The zero-order valence-electron chi connectivity index (χ0n) is 11.8. The molecule has 0 heterocycles. The molecular formula is C15H24ClNS. The summed E-state index contributed by atoms with van der Waals surface area (Å²) in [5.41, 5.74) is 1.24. The molecule has 18 heavy (non-hydrogen) atoms. The molecule has 0 saturated heterocycles. The number of thioether (sulfide) groups is 1. The molecule has 3 heteroatoms. The van der Waals surface area contributed by atoms with Gasteiger partial charge in [-0.1, -0.05) is 45.4 Å². The molecule has 0 amide bonds. The van der Waals surface area contributed by atoms with Gasteiger partial charge in [0, 0.05) is 22.5 Å². The fourth-order valence-electron chi connectivity index (χ4n) is 1.56. The average Bonchev–Trinajstić information content (AvgIpc) is 2.27. The molecule has 1 rings (SSSR count). The van der Waals surface area contributed by atoms with Gasteiger partial charge in [0.2, 0.25) is 0 Å². The van der Waals surface area contributed by atoms with Crippen molar-refractivity contribution >= 4 is 23.4 Å². The Hall–Kier alpha value is -0.180. The van der Waals surface area contributed by atoms with Crippen LogP contribution in [0.4, 0.5) is 0 Å². The van der Waals surface area contributed by atoms with E-state index in [1.165, 1.54) is 16.9 Å². The monoisotopic (exact) mass is 285 g/mol. The smallest absolute Gasteiger partial charge is 0.0462 e. The van der Waals surface area contributed by atoms with E-state index in [0.29, 0.717) is 6.04 Å². The van der Waals surface area contributed by atoms with Crippen molar-refractivity contribution in [3.05, 3.63) is 28.8 Å². The first kappa shape index (κ1) is 15.9. The van der Waals surface area contributed by atoms with Crippen molar-refractivity contribution in [2.45, 2.75) is 51.6 Å². The number of nitrogens with one attached hydrogen (secondary N) is 1. The van der Waals surface area contributed by atoms with Crippen molar-refractivity contribution in [3.8, 4) is 0 Å². The first-order valence-corrected chi connectivity index (χ1v) is 8.00. The number of rotatable bonds is 7. The second-order valence-corrected chi connectivity index (χ2v) is 6.83. The molecular weight excluding hydrogens is 262 g/mol. The van der Waals surface area contributed by atoms with E-state index < -0.39 is 0 Å². The average molecular weight is 286 g/mol. The quantitative estimate of drug-likeness (QED) is 0.710. The lowest BCUT2D eigenvalue weighted by molar-refractivity contribution is 0.584. The Labute approximate surface area is 121 Å². The molecule has 102 valence electrons. The van der Waals surface area contributed by atoms with Crippen LogP contribution < -0.4 is 5.32 Å². The summed E-state index contributed by atoms with van der Waals surface area (Å²) in [6.07, 6.45) is 1.24. The summed E-state index contributed by atoms with van der Waals surface area (Å²) < 4.78 is 0. The van der Waals surface area contributed by atoms with Gasteiger partial charge in [0.25, 0.3) is 0 Å². The minimum Gasteiger partial charge on any atom is -0.310 e. The highest BCUT2D eigenvalue weighted by Crippen LogP contribution is 2.29. The van der Waals surface area contributed by atoms with Crippen LogP contribution >= 0.6 is 23.4 Å². The van der Waals surface area contributed by atoms with E-state index in [-0.39, 0.29) is 0 Å². The van der Waals surface area contributed by atoms with Crippen molar-refractivity contribution < 1.29 is 0 Å². The van der Waals surface area contributed by atoms with E-state index in [2.05, 4.69) is 39.1 Å². The molecule has 0 unspecified atom stereocenters. The van der Waals surface area contributed by atoms with E-state index in [0.717, 1.165) is 23.2 Å². The fourth-order valence-corrected chi connectivity index (χ4v) is 3.19. The number of hydrogen-bond donors (Lipinski definition) is 1. The summed E-state index contributed by atoms with van der Waals surface area (Å²) in [7, 11) is 0. The van der Waals surface area contributed by atoms with E-state index in [9.17, 15) is 0 Å². The zero-order valence-corrected chi connectivity index (χ0v) is 13.4. The Morgan fingerprint density at radius 1 is 1.22 bits per heavy atom. The topological polar surface area (TPSA) is 12.0 Å². The van der Waals surface area contributed by atoms with Gasteiger partial charge in [0.1, 0.15) is 0 Å². The maximum atomic E-state index is 6.30. The molecule has 0 radical (unpaired) electrons. The lowest BCUT2D eigenvalue weighted by Gasteiger charge is -2.14. The predicted octanol–water partition coefficient (Wildman–Crippen LogP) is 4.98. The predicted molar refractivity (Wildman–Crippen MR) is 83.6 cm³/mol. The summed E-state index contributed by atoms with van der Waals surface area (Å²) >= 11 is 8.22. The summed E-state index contributed by atoms with van der Waals surface area (Å²) in [6, 6.07) is 6.67. The third-order valence-corrected chi connectivity index (χ3v) is 4.20. The van der Waals surface area contributed by atoms with E-state index >= 15 is 0 Å². The molecule has 0 atom stereocenters. The second kappa shape index (κ2) is 8.08. The first-order valence-electron chi connectivity index (χ1n) is 6.64. The molecule has 1 N–H and O–H groups in total. The maximum Gasteiger partial charge on any atom is 0.0462 e. The Balaban J connectivity index is 2.67. The molecule has 0 aromatic heterocycles. The normalized spacial score (nSPS) is 11.5. The first-order chi connectivity index (χ1) is 8.50. The third kappa shape index (κ3) is 5.64. The number of benzene rings is 1. The number of hydrogen-bond acceptors (Lipinski definition) is 2. The summed E-state index contributed by atoms with van der Waals surface area (Å²) in [4.78, 5) is 1.32. The van der Waals surface area contributed by atoms with E-state index in [1.807, 2.05) is 23.9 Å². The van der Waals surface area contributed by atoms with Crippen LogP contribution in [0, 0.1) is 5.92 Å².